The Morgan fingerprint density at radius 2 is 2.05 bits per heavy atom. The fourth-order valence-corrected chi connectivity index (χ4v) is 2.65. The molecule has 0 aromatic heterocycles. The van der Waals surface area contributed by atoms with Crippen LogP contribution in [0.15, 0.2) is 47.5 Å². The molecule has 2 aromatic carbocycles. The van der Waals surface area contributed by atoms with Gasteiger partial charge in [0.15, 0.2) is 0 Å². The third kappa shape index (κ3) is 2.97. The zero-order chi connectivity index (χ0) is 15.5. The second kappa shape index (κ2) is 6.20. The molecular weight excluding hydrogens is 300 g/mol. The van der Waals surface area contributed by atoms with E-state index in [0.29, 0.717) is 29.2 Å². The van der Waals surface area contributed by atoms with E-state index in [2.05, 4.69) is 4.99 Å². The molecule has 1 saturated heterocycles. The molecule has 1 heterocycles. The molecule has 0 aliphatic carbocycles. The lowest BCUT2D eigenvalue weighted by atomic mass is 10.2. The second-order valence-electron chi connectivity index (χ2n) is 5.10. The molecule has 1 fully saturated rings. The number of phenolic OH excluding ortho intramolecular Hbond substituents is 1. The lowest BCUT2D eigenvalue weighted by Crippen LogP contribution is -2.23. The number of hydrogen-bond donors (Lipinski definition) is 1. The highest BCUT2D eigenvalue weighted by molar-refractivity contribution is 6.30. The third-order valence-corrected chi connectivity index (χ3v) is 3.81. The number of carbonyl (C=O) groups excluding carboxylic acids is 1. The molecule has 0 saturated carbocycles. The number of amides is 1. The molecule has 0 unspecified atom stereocenters. The maximum atomic E-state index is 11.9. The zero-order valence-electron chi connectivity index (χ0n) is 11.9. The zero-order valence-corrected chi connectivity index (χ0v) is 12.6. The molecule has 0 radical (unpaired) electrons. The van der Waals surface area contributed by atoms with Gasteiger partial charge >= 0.3 is 0 Å². The molecule has 1 N–H and O–H groups in total. The van der Waals surface area contributed by atoms with Crippen LogP contribution in [0.4, 0.5) is 11.4 Å². The summed E-state index contributed by atoms with van der Waals surface area (Å²) in [6.07, 6.45) is 3.00. The number of nitrogens with zero attached hydrogens (tertiary/aromatic N) is 2. The van der Waals surface area contributed by atoms with E-state index in [1.54, 1.807) is 23.2 Å². The van der Waals surface area contributed by atoms with Crippen LogP contribution in [-0.2, 0) is 4.79 Å². The minimum absolute atomic E-state index is 0.114. The van der Waals surface area contributed by atoms with E-state index < -0.39 is 0 Å². The fraction of sp³-hybridized carbons (Fsp3) is 0.176. The predicted octanol–water partition coefficient (Wildman–Crippen LogP) is 3.92. The lowest BCUT2D eigenvalue weighted by Gasteiger charge is -2.17. The molecular formula is C17H15ClN2O2. The van der Waals surface area contributed by atoms with Crippen LogP contribution in [0.3, 0.4) is 0 Å². The average molecular weight is 315 g/mol. The maximum absolute atomic E-state index is 11.9. The number of anilines is 1. The van der Waals surface area contributed by atoms with Crippen LogP contribution >= 0.6 is 11.6 Å². The molecule has 1 aliphatic heterocycles. The van der Waals surface area contributed by atoms with Crippen LogP contribution in [0.25, 0.3) is 0 Å². The SMILES string of the molecule is O=C1CCCN1c1ccccc1N=Cc1cc(Cl)ccc1O. The Kier molecular flexibility index (Phi) is 4.11. The molecule has 22 heavy (non-hydrogen) atoms. The van der Waals surface area contributed by atoms with Crippen LogP contribution in [0.5, 0.6) is 5.75 Å². The summed E-state index contributed by atoms with van der Waals surface area (Å²) in [4.78, 5) is 18.1. The quantitative estimate of drug-likeness (QED) is 0.873. The van der Waals surface area contributed by atoms with E-state index in [0.717, 1.165) is 12.1 Å². The highest BCUT2D eigenvalue weighted by atomic mass is 35.5. The standard InChI is InChI=1S/C17H15ClN2O2/c18-13-7-8-16(21)12(10-13)11-19-14-4-1-2-5-15(14)20-9-3-6-17(20)22/h1-2,4-5,7-8,10-11,21H,3,6,9H2. The first-order chi connectivity index (χ1) is 10.6. The summed E-state index contributed by atoms with van der Waals surface area (Å²) in [6.45, 7) is 0.716. The third-order valence-electron chi connectivity index (χ3n) is 3.58. The van der Waals surface area contributed by atoms with Crippen LogP contribution in [0.1, 0.15) is 18.4 Å². The van der Waals surface area contributed by atoms with Crippen LogP contribution in [0.2, 0.25) is 5.02 Å². The van der Waals surface area contributed by atoms with E-state index in [9.17, 15) is 9.90 Å². The lowest BCUT2D eigenvalue weighted by molar-refractivity contribution is -0.117. The number of aromatic hydroxyl groups is 1. The Labute approximate surface area is 133 Å². The normalized spacial score (nSPS) is 15.0. The number of benzene rings is 2. The summed E-state index contributed by atoms with van der Waals surface area (Å²) in [6, 6.07) is 12.3. The van der Waals surface area contributed by atoms with Crippen LogP contribution < -0.4 is 4.90 Å². The van der Waals surface area contributed by atoms with E-state index in [4.69, 9.17) is 11.6 Å². The molecule has 112 valence electrons. The van der Waals surface area contributed by atoms with Crippen molar-refractivity contribution < 1.29 is 9.90 Å². The monoisotopic (exact) mass is 314 g/mol. The Morgan fingerprint density at radius 3 is 2.82 bits per heavy atom. The number of hydrogen-bond acceptors (Lipinski definition) is 3. The molecule has 0 atom stereocenters. The molecule has 1 aliphatic rings. The highest BCUT2D eigenvalue weighted by Crippen LogP contribution is 2.31. The molecule has 2 aromatic rings. The van der Waals surface area contributed by atoms with Crippen molar-refractivity contribution >= 4 is 35.1 Å². The van der Waals surface area contributed by atoms with E-state index in [1.807, 2.05) is 24.3 Å². The molecule has 3 rings (SSSR count). The van der Waals surface area contributed by atoms with Crippen molar-refractivity contribution in [2.24, 2.45) is 4.99 Å². The Balaban J connectivity index is 1.94. The van der Waals surface area contributed by atoms with Gasteiger partial charge in [-0.1, -0.05) is 23.7 Å². The predicted molar refractivity (Wildman–Crippen MR) is 88.4 cm³/mol. The van der Waals surface area contributed by atoms with Crippen LogP contribution in [0, 0.1) is 0 Å². The molecule has 5 heteroatoms. The van der Waals surface area contributed by atoms with E-state index in [-0.39, 0.29) is 11.7 Å². The first-order valence-corrected chi connectivity index (χ1v) is 7.45. The Bertz CT molecular complexity index is 743. The van der Waals surface area contributed by atoms with Crippen LogP contribution in [-0.4, -0.2) is 23.8 Å². The van der Waals surface area contributed by atoms with Gasteiger partial charge in [0.25, 0.3) is 0 Å². The largest absolute Gasteiger partial charge is 0.507 e. The fourth-order valence-electron chi connectivity index (χ4n) is 2.47. The summed E-state index contributed by atoms with van der Waals surface area (Å²) in [7, 11) is 0. The maximum Gasteiger partial charge on any atom is 0.227 e. The topological polar surface area (TPSA) is 52.9 Å². The first-order valence-electron chi connectivity index (χ1n) is 7.07. The van der Waals surface area contributed by atoms with E-state index in [1.165, 1.54) is 6.07 Å². The van der Waals surface area contributed by atoms with Gasteiger partial charge < -0.3 is 10.0 Å². The van der Waals surface area contributed by atoms with Gasteiger partial charge in [-0.15, -0.1) is 0 Å². The van der Waals surface area contributed by atoms with Gasteiger partial charge in [0.2, 0.25) is 5.91 Å². The summed E-state index contributed by atoms with van der Waals surface area (Å²) >= 11 is 5.93. The summed E-state index contributed by atoms with van der Waals surface area (Å²) < 4.78 is 0. The molecule has 0 bridgehead atoms. The number of aliphatic imine (C=N–C) groups is 1. The van der Waals surface area contributed by atoms with E-state index >= 15 is 0 Å². The Hall–Kier alpha value is -2.33. The molecule has 4 nitrogen and oxygen atoms in total. The minimum Gasteiger partial charge on any atom is -0.507 e. The summed E-state index contributed by atoms with van der Waals surface area (Å²) in [5.41, 5.74) is 2.02. The van der Waals surface area contributed by atoms with Crippen molar-refractivity contribution in [3.8, 4) is 5.75 Å². The molecule has 1 amide bonds. The van der Waals surface area contributed by atoms with Gasteiger partial charge in [0.05, 0.1) is 11.4 Å². The summed E-state index contributed by atoms with van der Waals surface area (Å²) in [5.74, 6) is 0.233. The smallest absolute Gasteiger partial charge is 0.227 e. The number of rotatable bonds is 3. The van der Waals surface area contributed by atoms with Gasteiger partial charge in [-0.05, 0) is 36.8 Å². The number of para-hydroxylation sites is 2. The van der Waals surface area contributed by atoms with Gasteiger partial charge in [-0.2, -0.15) is 0 Å². The van der Waals surface area contributed by atoms with Gasteiger partial charge in [0.1, 0.15) is 5.75 Å². The van der Waals surface area contributed by atoms with Crippen molar-refractivity contribution in [2.75, 3.05) is 11.4 Å². The van der Waals surface area contributed by atoms with Gasteiger partial charge in [-0.3, -0.25) is 9.79 Å². The van der Waals surface area contributed by atoms with Gasteiger partial charge in [-0.25, -0.2) is 0 Å². The number of carbonyl (C=O) groups is 1. The molecule has 0 spiro atoms. The highest BCUT2D eigenvalue weighted by Gasteiger charge is 2.23. The van der Waals surface area contributed by atoms with Crippen molar-refractivity contribution in [1.82, 2.24) is 0 Å². The number of phenols is 1. The number of halogens is 1. The minimum atomic E-state index is 0.114. The van der Waals surface area contributed by atoms with Crippen molar-refractivity contribution in [1.29, 1.82) is 0 Å². The average Bonchev–Trinajstić information content (AvgIpc) is 2.94. The van der Waals surface area contributed by atoms with Crippen molar-refractivity contribution in [3.63, 3.8) is 0 Å². The second-order valence-corrected chi connectivity index (χ2v) is 5.54. The van der Waals surface area contributed by atoms with Crippen molar-refractivity contribution in [2.45, 2.75) is 12.8 Å². The van der Waals surface area contributed by atoms with Gasteiger partial charge in [0, 0.05) is 29.8 Å². The Morgan fingerprint density at radius 1 is 1.23 bits per heavy atom. The first kappa shape index (κ1) is 14.6. The van der Waals surface area contributed by atoms with Crippen molar-refractivity contribution in [3.05, 3.63) is 53.1 Å². The summed E-state index contributed by atoms with van der Waals surface area (Å²) in [5, 5.41) is 10.4.